The maximum absolute atomic E-state index is 12.1. The van der Waals surface area contributed by atoms with Gasteiger partial charge in [-0.15, -0.1) is 0 Å². The fourth-order valence-corrected chi connectivity index (χ4v) is 6.64. The molecule has 3 aliphatic rings. The van der Waals surface area contributed by atoms with Gasteiger partial charge in [0.1, 0.15) is 12.4 Å². The summed E-state index contributed by atoms with van der Waals surface area (Å²) in [6.45, 7) is 2.46. The van der Waals surface area contributed by atoms with E-state index in [0.29, 0.717) is 12.7 Å². The molecule has 5 heteroatoms. The van der Waals surface area contributed by atoms with E-state index in [-0.39, 0.29) is 12.1 Å². The van der Waals surface area contributed by atoms with E-state index in [0.717, 1.165) is 32.2 Å². The highest BCUT2D eigenvalue weighted by Crippen LogP contribution is 2.40. The van der Waals surface area contributed by atoms with Crippen LogP contribution in [0.25, 0.3) is 10.8 Å². The lowest BCUT2D eigenvalue weighted by atomic mass is 9.73. The molecular formula is C26H32INO3. The molecule has 1 atom stereocenters. The first-order chi connectivity index (χ1) is 15.1. The predicted molar refractivity (Wildman–Crippen MR) is 133 cm³/mol. The largest absolute Gasteiger partial charge is 0.489 e. The van der Waals surface area contributed by atoms with Crippen molar-refractivity contribution in [3.05, 3.63) is 33.9 Å². The number of hydrogen-bond donors (Lipinski definition) is 0. The second-order valence-corrected chi connectivity index (χ2v) is 10.7. The highest BCUT2D eigenvalue weighted by molar-refractivity contribution is 14.1. The molecule has 2 aromatic rings. The average Bonchev–Trinajstić information content (AvgIpc) is 3.14. The lowest BCUT2D eigenvalue weighted by Crippen LogP contribution is -2.30. The number of ether oxygens (including phenoxy) is 2. The standard InChI is InChI=1S/C26H32INO3/c1-17-16-30-26(29)28(17)21-10-13-23-20(15-21)9-14-24(25(23)27)31-22-11-7-19(8-12-22)18-5-3-2-4-6-18/h9-10,13-15,17-19,22H,2-8,11-12,16H2,1H3/t17-,19-,22-/m1/s1. The molecule has 1 aliphatic heterocycles. The fraction of sp³-hybridized carbons (Fsp3) is 0.577. The normalized spacial score (nSPS) is 27.5. The van der Waals surface area contributed by atoms with Crippen molar-refractivity contribution in [2.24, 2.45) is 11.8 Å². The SMILES string of the molecule is C[C@@H]1COC(=O)N1c1ccc2c(I)c(O[C@H]3CC[C@H](C4CCCCC4)CC3)ccc2c1. The Morgan fingerprint density at radius 3 is 2.42 bits per heavy atom. The lowest BCUT2D eigenvalue weighted by Gasteiger charge is -2.36. The molecule has 0 radical (unpaired) electrons. The first-order valence-electron chi connectivity index (χ1n) is 11.9. The van der Waals surface area contributed by atoms with Crippen LogP contribution in [-0.2, 0) is 4.74 Å². The lowest BCUT2D eigenvalue weighted by molar-refractivity contribution is 0.0986. The molecule has 2 aromatic carbocycles. The van der Waals surface area contributed by atoms with Crippen LogP contribution in [0.15, 0.2) is 30.3 Å². The summed E-state index contributed by atoms with van der Waals surface area (Å²) < 4.78 is 12.8. The summed E-state index contributed by atoms with van der Waals surface area (Å²) in [5.74, 6) is 2.89. The molecule has 1 heterocycles. The van der Waals surface area contributed by atoms with Gasteiger partial charge in [-0.3, -0.25) is 4.90 Å². The second-order valence-electron chi connectivity index (χ2n) is 9.63. The molecule has 5 rings (SSSR count). The van der Waals surface area contributed by atoms with Crippen LogP contribution in [0.1, 0.15) is 64.7 Å². The van der Waals surface area contributed by atoms with Gasteiger partial charge >= 0.3 is 6.09 Å². The van der Waals surface area contributed by atoms with Crippen LogP contribution in [0.3, 0.4) is 0 Å². The Labute approximate surface area is 198 Å². The van der Waals surface area contributed by atoms with E-state index in [4.69, 9.17) is 9.47 Å². The Morgan fingerprint density at radius 2 is 1.71 bits per heavy atom. The Balaban J connectivity index is 1.27. The maximum Gasteiger partial charge on any atom is 0.414 e. The van der Waals surface area contributed by atoms with Crippen LogP contribution in [0.5, 0.6) is 5.75 Å². The molecule has 166 valence electrons. The smallest absolute Gasteiger partial charge is 0.414 e. The highest BCUT2D eigenvalue weighted by atomic mass is 127. The topological polar surface area (TPSA) is 38.8 Å². The molecule has 31 heavy (non-hydrogen) atoms. The van der Waals surface area contributed by atoms with Crippen LogP contribution in [0.2, 0.25) is 0 Å². The van der Waals surface area contributed by atoms with Crippen molar-refractivity contribution in [1.29, 1.82) is 0 Å². The summed E-state index contributed by atoms with van der Waals surface area (Å²) in [6, 6.07) is 10.5. The van der Waals surface area contributed by atoms with Crippen LogP contribution in [0, 0.1) is 15.4 Å². The van der Waals surface area contributed by atoms with Crippen molar-refractivity contribution >= 4 is 45.1 Å². The molecule has 2 saturated carbocycles. The molecule has 1 amide bonds. The molecule has 4 nitrogen and oxygen atoms in total. The van der Waals surface area contributed by atoms with Gasteiger partial charge in [-0.1, -0.05) is 44.2 Å². The summed E-state index contributed by atoms with van der Waals surface area (Å²) in [6.07, 6.45) is 12.3. The molecule has 0 spiro atoms. The Bertz CT molecular complexity index is 947. The molecule has 0 bridgehead atoms. The monoisotopic (exact) mass is 533 g/mol. The molecule has 2 aliphatic carbocycles. The van der Waals surface area contributed by atoms with E-state index < -0.39 is 0 Å². The zero-order valence-electron chi connectivity index (χ0n) is 18.3. The Hall–Kier alpha value is -1.50. The van der Waals surface area contributed by atoms with Crippen molar-refractivity contribution in [3.8, 4) is 5.75 Å². The average molecular weight is 533 g/mol. The van der Waals surface area contributed by atoms with Gasteiger partial charge in [-0.05, 0) is 96.0 Å². The van der Waals surface area contributed by atoms with Crippen molar-refractivity contribution in [3.63, 3.8) is 0 Å². The number of carbonyl (C=O) groups is 1. The molecule has 0 aromatic heterocycles. The van der Waals surface area contributed by atoms with E-state index in [2.05, 4.69) is 46.9 Å². The third kappa shape index (κ3) is 4.39. The van der Waals surface area contributed by atoms with Crippen molar-refractivity contribution in [2.75, 3.05) is 11.5 Å². The number of fused-ring (bicyclic) bond motifs is 1. The third-order valence-corrected chi connectivity index (χ3v) is 8.71. The molecular weight excluding hydrogens is 501 g/mol. The van der Waals surface area contributed by atoms with E-state index in [9.17, 15) is 4.79 Å². The van der Waals surface area contributed by atoms with Gasteiger partial charge in [0.2, 0.25) is 0 Å². The minimum atomic E-state index is -0.259. The van der Waals surface area contributed by atoms with Crippen LogP contribution < -0.4 is 9.64 Å². The van der Waals surface area contributed by atoms with Gasteiger partial charge in [-0.25, -0.2) is 4.79 Å². The minimum absolute atomic E-state index is 0.0652. The number of amides is 1. The third-order valence-electron chi connectivity index (χ3n) is 7.59. The maximum atomic E-state index is 12.1. The summed E-state index contributed by atoms with van der Waals surface area (Å²) >= 11 is 2.41. The fourth-order valence-electron chi connectivity index (χ4n) is 5.84. The van der Waals surface area contributed by atoms with E-state index >= 15 is 0 Å². The van der Waals surface area contributed by atoms with Gasteiger partial charge in [0, 0.05) is 5.69 Å². The quantitative estimate of drug-likeness (QED) is 0.387. The van der Waals surface area contributed by atoms with Gasteiger partial charge in [0.05, 0.1) is 15.7 Å². The van der Waals surface area contributed by atoms with Crippen molar-refractivity contribution in [2.45, 2.75) is 76.9 Å². The zero-order chi connectivity index (χ0) is 21.4. The first kappa shape index (κ1) is 21.4. The van der Waals surface area contributed by atoms with Gasteiger partial charge in [-0.2, -0.15) is 0 Å². The van der Waals surface area contributed by atoms with E-state index in [1.807, 2.05) is 13.0 Å². The number of hydrogen-bond acceptors (Lipinski definition) is 3. The summed E-state index contributed by atoms with van der Waals surface area (Å²) in [4.78, 5) is 13.8. The molecule has 0 N–H and O–H groups in total. The molecule has 1 saturated heterocycles. The van der Waals surface area contributed by atoms with Crippen LogP contribution in [0.4, 0.5) is 10.5 Å². The summed E-state index contributed by atoms with van der Waals surface area (Å²) in [5.41, 5.74) is 0.896. The number of anilines is 1. The number of halogens is 1. The van der Waals surface area contributed by atoms with Crippen molar-refractivity contribution in [1.82, 2.24) is 0 Å². The highest BCUT2D eigenvalue weighted by Gasteiger charge is 2.31. The molecule has 3 fully saturated rings. The Kier molecular flexibility index (Phi) is 6.31. The van der Waals surface area contributed by atoms with Gasteiger partial charge in [0.25, 0.3) is 0 Å². The summed E-state index contributed by atoms with van der Waals surface area (Å²) in [7, 11) is 0. The van der Waals surface area contributed by atoms with Crippen LogP contribution >= 0.6 is 22.6 Å². The number of nitrogens with zero attached hydrogens (tertiary/aromatic N) is 1. The summed E-state index contributed by atoms with van der Waals surface area (Å²) in [5, 5.41) is 2.31. The number of carbonyl (C=O) groups excluding carboxylic acids is 1. The number of benzene rings is 2. The van der Waals surface area contributed by atoms with Crippen molar-refractivity contribution < 1.29 is 14.3 Å². The van der Waals surface area contributed by atoms with Gasteiger partial charge in [0.15, 0.2) is 0 Å². The van der Waals surface area contributed by atoms with E-state index in [1.165, 1.54) is 63.2 Å². The van der Waals surface area contributed by atoms with Gasteiger partial charge < -0.3 is 9.47 Å². The Morgan fingerprint density at radius 1 is 0.968 bits per heavy atom. The zero-order valence-corrected chi connectivity index (χ0v) is 20.5. The minimum Gasteiger partial charge on any atom is -0.489 e. The molecule has 0 unspecified atom stereocenters. The first-order valence-corrected chi connectivity index (χ1v) is 13.0. The number of cyclic esters (lactones) is 1. The van der Waals surface area contributed by atoms with E-state index in [1.54, 1.807) is 4.90 Å². The second kappa shape index (κ2) is 9.16. The van der Waals surface area contributed by atoms with Crippen LogP contribution in [-0.4, -0.2) is 24.8 Å². The predicted octanol–water partition coefficient (Wildman–Crippen LogP) is 7.31. The number of rotatable bonds is 4.